The fourth-order valence-electron chi connectivity index (χ4n) is 3.53. The number of amides is 2. The first-order valence-electron chi connectivity index (χ1n) is 11.3. The van der Waals surface area contributed by atoms with Crippen LogP contribution < -0.4 is 9.62 Å². The number of hydrogen-bond acceptors (Lipinski definition) is 4. The Kier molecular flexibility index (Phi) is 9.94. The first kappa shape index (κ1) is 27.7. The van der Waals surface area contributed by atoms with Gasteiger partial charge in [-0.25, -0.2) is 8.42 Å². The van der Waals surface area contributed by atoms with Gasteiger partial charge >= 0.3 is 0 Å². The highest BCUT2D eigenvalue weighted by atomic mass is 35.5. The molecule has 0 radical (unpaired) electrons. The molecule has 0 aromatic heterocycles. The average Bonchev–Trinajstić information content (AvgIpc) is 2.77. The minimum Gasteiger partial charge on any atom is -0.354 e. The Hall–Kier alpha value is -2.58. The minimum atomic E-state index is -3.77. The average molecular weight is 508 g/mol. The minimum absolute atomic E-state index is 0.0747. The molecule has 2 aromatic carbocycles. The van der Waals surface area contributed by atoms with Crippen LogP contribution in [0.2, 0.25) is 5.02 Å². The van der Waals surface area contributed by atoms with Crippen molar-refractivity contribution >= 4 is 39.1 Å². The Morgan fingerprint density at radius 1 is 1.09 bits per heavy atom. The first-order chi connectivity index (χ1) is 16.0. The quantitative estimate of drug-likeness (QED) is 0.465. The van der Waals surface area contributed by atoms with Crippen LogP contribution in [0.15, 0.2) is 42.5 Å². The van der Waals surface area contributed by atoms with E-state index in [1.165, 1.54) is 4.90 Å². The second-order valence-electron chi connectivity index (χ2n) is 8.42. The molecule has 2 amide bonds. The van der Waals surface area contributed by atoms with Gasteiger partial charge in [-0.15, -0.1) is 0 Å². The monoisotopic (exact) mass is 507 g/mol. The van der Waals surface area contributed by atoms with Gasteiger partial charge in [0.25, 0.3) is 0 Å². The van der Waals surface area contributed by atoms with E-state index in [9.17, 15) is 18.0 Å². The summed E-state index contributed by atoms with van der Waals surface area (Å²) < 4.78 is 26.5. The van der Waals surface area contributed by atoms with E-state index >= 15 is 0 Å². The molecule has 0 unspecified atom stereocenters. The van der Waals surface area contributed by atoms with Crippen molar-refractivity contribution in [2.24, 2.45) is 0 Å². The molecule has 34 heavy (non-hydrogen) atoms. The lowest BCUT2D eigenvalue weighted by molar-refractivity contribution is -0.139. The molecule has 0 spiro atoms. The van der Waals surface area contributed by atoms with Gasteiger partial charge in [0.05, 0.1) is 11.9 Å². The van der Waals surface area contributed by atoms with Crippen LogP contribution in [-0.4, -0.2) is 50.5 Å². The molecule has 0 bridgehead atoms. The summed E-state index contributed by atoms with van der Waals surface area (Å²) in [6, 6.07) is 11.6. The van der Waals surface area contributed by atoms with Gasteiger partial charge in [0, 0.05) is 18.1 Å². The SMILES string of the molecule is CCCCNC(=O)[C@@H](C)N(Cc1ccccc1Cl)C(=O)CN(c1cccc(C)c1C)S(C)(=O)=O. The van der Waals surface area contributed by atoms with Crippen LogP contribution in [0.4, 0.5) is 5.69 Å². The molecule has 0 aliphatic heterocycles. The molecule has 9 heteroatoms. The number of carbonyl (C=O) groups is 2. The zero-order chi connectivity index (χ0) is 25.5. The van der Waals surface area contributed by atoms with Crippen LogP contribution in [0.1, 0.15) is 43.4 Å². The number of benzene rings is 2. The van der Waals surface area contributed by atoms with Crippen LogP contribution in [-0.2, 0) is 26.2 Å². The molecule has 1 N–H and O–H groups in total. The van der Waals surface area contributed by atoms with Crippen molar-refractivity contribution in [1.82, 2.24) is 10.2 Å². The third-order valence-corrected chi connectivity index (χ3v) is 7.31. The van der Waals surface area contributed by atoms with Crippen LogP contribution >= 0.6 is 11.6 Å². The fraction of sp³-hybridized carbons (Fsp3) is 0.440. The normalized spacial score (nSPS) is 12.2. The maximum absolute atomic E-state index is 13.6. The summed E-state index contributed by atoms with van der Waals surface area (Å²) in [4.78, 5) is 27.8. The van der Waals surface area contributed by atoms with Crippen LogP contribution in [0.25, 0.3) is 0 Å². The number of rotatable bonds is 11. The van der Waals surface area contributed by atoms with Crippen molar-refractivity contribution in [3.8, 4) is 0 Å². The number of nitrogens with one attached hydrogen (secondary N) is 1. The summed E-state index contributed by atoms with van der Waals surface area (Å²) in [7, 11) is -3.77. The van der Waals surface area contributed by atoms with E-state index in [0.29, 0.717) is 22.8 Å². The molecule has 0 heterocycles. The number of anilines is 1. The zero-order valence-electron chi connectivity index (χ0n) is 20.5. The van der Waals surface area contributed by atoms with Gasteiger partial charge in [0.15, 0.2) is 0 Å². The molecule has 0 aliphatic carbocycles. The Labute approximate surface area is 208 Å². The van der Waals surface area contributed by atoms with Crippen molar-refractivity contribution in [3.05, 3.63) is 64.2 Å². The Morgan fingerprint density at radius 2 is 1.76 bits per heavy atom. The zero-order valence-corrected chi connectivity index (χ0v) is 22.0. The van der Waals surface area contributed by atoms with Crippen LogP contribution in [0, 0.1) is 13.8 Å². The molecule has 2 aromatic rings. The lowest BCUT2D eigenvalue weighted by atomic mass is 10.1. The summed E-state index contributed by atoms with van der Waals surface area (Å²) in [5.41, 5.74) is 2.79. The largest absolute Gasteiger partial charge is 0.354 e. The van der Waals surface area contributed by atoms with Gasteiger partial charge in [-0.1, -0.05) is 55.3 Å². The van der Waals surface area contributed by atoms with Gasteiger partial charge in [-0.05, 0) is 56.0 Å². The van der Waals surface area contributed by atoms with Gasteiger partial charge < -0.3 is 10.2 Å². The number of hydrogen-bond donors (Lipinski definition) is 1. The molecular formula is C25H34ClN3O4S. The second-order valence-corrected chi connectivity index (χ2v) is 10.7. The molecule has 0 fully saturated rings. The molecule has 0 saturated heterocycles. The first-order valence-corrected chi connectivity index (χ1v) is 13.5. The number of halogens is 1. The third-order valence-electron chi connectivity index (χ3n) is 5.82. The van der Waals surface area contributed by atoms with Crippen molar-refractivity contribution < 1.29 is 18.0 Å². The lowest BCUT2D eigenvalue weighted by Gasteiger charge is -2.32. The molecule has 7 nitrogen and oxygen atoms in total. The highest BCUT2D eigenvalue weighted by Crippen LogP contribution is 2.26. The van der Waals surface area contributed by atoms with Crippen molar-refractivity contribution in [2.45, 2.75) is 53.1 Å². The number of sulfonamides is 1. The number of nitrogens with zero attached hydrogens (tertiary/aromatic N) is 2. The highest BCUT2D eigenvalue weighted by Gasteiger charge is 2.30. The van der Waals surface area contributed by atoms with E-state index in [1.807, 2.05) is 26.8 Å². The van der Waals surface area contributed by atoms with Crippen molar-refractivity contribution in [3.63, 3.8) is 0 Å². The molecule has 0 aliphatic rings. The summed E-state index contributed by atoms with van der Waals surface area (Å²) >= 11 is 6.33. The topological polar surface area (TPSA) is 86.8 Å². The van der Waals surface area contributed by atoms with Gasteiger partial charge in [0.2, 0.25) is 21.8 Å². The predicted molar refractivity (Wildman–Crippen MR) is 137 cm³/mol. The Morgan fingerprint density at radius 3 is 2.38 bits per heavy atom. The maximum Gasteiger partial charge on any atom is 0.244 e. The third kappa shape index (κ3) is 7.21. The predicted octanol–water partition coefficient (Wildman–Crippen LogP) is 4.06. The summed E-state index contributed by atoms with van der Waals surface area (Å²) in [5.74, 6) is -0.795. The summed E-state index contributed by atoms with van der Waals surface area (Å²) in [6.07, 6.45) is 2.82. The van der Waals surface area contributed by atoms with E-state index in [-0.39, 0.29) is 12.5 Å². The Bertz CT molecular complexity index is 1120. The summed E-state index contributed by atoms with van der Waals surface area (Å²) in [5, 5.41) is 3.32. The molecule has 2 rings (SSSR count). The molecule has 186 valence electrons. The van der Waals surface area contributed by atoms with Crippen LogP contribution in [0.3, 0.4) is 0 Å². The van der Waals surface area contributed by atoms with E-state index in [1.54, 1.807) is 43.3 Å². The number of carbonyl (C=O) groups excluding carboxylic acids is 2. The van der Waals surface area contributed by atoms with Gasteiger partial charge in [0.1, 0.15) is 12.6 Å². The molecular weight excluding hydrogens is 474 g/mol. The molecule has 0 saturated carbocycles. The maximum atomic E-state index is 13.6. The van der Waals surface area contributed by atoms with E-state index < -0.39 is 28.5 Å². The number of aryl methyl sites for hydroxylation is 1. The standard InChI is InChI=1S/C25H34ClN3O4S/c1-6-7-15-27-25(31)20(4)28(16-21-12-8-9-13-22(21)26)24(30)17-29(34(5,32)33)23-14-10-11-18(2)19(23)3/h8-14,20H,6-7,15-17H2,1-5H3,(H,27,31)/t20-/m1/s1. The molecule has 1 atom stereocenters. The number of unbranched alkanes of at least 4 members (excludes halogenated alkanes) is 1. The lowest BCUT2D eigenvalue weighted by Crippen LogP contribution is -2.51. The van der Waals surface area contributed by atoms with Gasteiger partial charge in [-0.3, -0.25) is 13.9 Å². The van der Waals surface area contributed by atoms with E-state index in [0.717, 1.165) is 34.5 Å². The van der Waals surface area contributed by atoms with E-state index in [2.05, 4.69) is 5.32 Å². The van der Waals surface area contributed by atoms with Crippen molar-refractivity contribution in [2.75, 3.05) is 23.7 Å². The summed E-state index contributed by atoms with van der Waals surface area (Å²) in [6.45, 7) is 7.51. The highest BCUT2D eigenvalue weighted by molar-refractivity contribution is 7.92. The second kappa shape index (κ2) is 12.2. The van der Waals surface area contributed by atoms with Crippen molar-refractivity contribution in [1.29, 1.82) is 0 Å². The smallest absolute Gasteiger partial charge is 0.244 e. The van der Waals surface area contributed by atoms with E-state index in [4.69, 9.17) is 11.6 Å². The fourth-order valence-corrected chi connectivity index (χ4v) is 4.62. The Balaban J connectivity index is 2.41. The van der Waals surface area contributed by atoms with Gasteiger partial charge in [-0.2, -0.15) is 0 Å². The van der Waals surface area contributed by atoms with Crippen LogP contribution in [0.5, 0.6) is 0 Å².